The Hall–Kier alpha value is -2.87. The van der Waals surface area contributed by atoms with E-state index in [1.165, 1.54) is 0 Å². The lowest BCUT2D eigenvalue weighted by atomic mass is 10.1. The zero-order chi connectivity index (χ0) is 22.3. The maximum absolute atomic E-state index is 12.8. The van der Waals surface area contributed by atoms with Crippen molar-refractivity contribution in [3.8, 4) is 5.75 Å². The third kappa shape index (κ3) is 5.82. The molecule has 30 heavy (non-hydrogen) atoms. The Morgan fingerprint density at radius 1 is 1.07 bits per heavy atom. The zero-order valence-electron chi connectivity index (χ0n) is 17.9. The van der Waals surface area contributed by atoms with Gasteiger partial charge in [0.05, 0.1) is 25.4 Å². The molecule has 0 aliphatic rings. The number of esters is 2. The Balaban J connectivity index is 2.36. The van der Waals surface area contributed by atoms with Gasteiger partial charge in [-0.05, 0) is 50.5 Å². The molecule has 0 bridgehead atoms. The van der Waals surface area contributed by atoms with Crippen molar-refractivity contribution in [2.75, 3.05) is 25.1 Å². The number of ether oxygens (including phenoxy) is 3. The molecule has 0 saturated heterocycles. The third-order valence-electron chi connectivity index (χ3n) is 3.99. The van der Waals surface area contributed by atoms with Crippen molar-refractivity contribution in [1.82, 2.24) is 0 Å². The highest BCUT2D eigenvalue weighted by Crippen LogP contribution is 2.35. The average molecular weight is 434 g/mol. The summed E-state index contributed by atoms with van der Waals surface area (Å²) in [5, 5.41) is 2.98. The number of amides is 1. The molecule has 0 atom stereocenters. The molecule has 8 heteroatoms. The van der Waals surface area contributed by atoms with E-state index in [0.717, 1.165) is 11.3 Å². The summed E-state index contributed by atoms with van der Waals surface area (Å²) in [6.07, 6.45) is 0. The van der Waals surface area contributed by atoms with E-state index in [1.807, 2.05) is 20.8 Å². The van der Waals surface area contributed by atoms with Crippen LogP contribution in [-0.2, 0) is 9.47 Å². The number of carbonyl (C=O) groups is 3. The fraction of sp³-hybridized carbons (Fsp3) is 0.409. The molecule has 7 nitrogen and oxygen atoms in total. The van der Waals surface area contributed by atoms with Crippen LogP contribution in [0.5, 0.6) is 5.75 Å². The number of carbonyl (C=O) groups excluding carboxylic acids is 3. The number of nitrogens with one attached hydrogen (secondary N) is 1. The van der Waals surface area contributed by atoms with Crippen molar-refractivity contribution in [1.29, 1.82) is 0 Å². The smallest absolute Gasteiger partial charge is 0.348 e. The van der Waals surface area contributed by atoms with Crippen LogP contribution in [0.2, 0.25) is 0 Å². The zero-order valence-corrected chi connectivity index (χ0v) is 18.7. The summed E-state index contributed by atoms with van der Waals surface area (Å²) in [4.78, 5) is 38.0. The first-order chi connectivity index (χ1) is 14.3. The van der Waals surface area contributed by atoms with E-state index in [9.17, 15) is 14.4 Å². The second-order valence-corrected chi connectivity index (χ2v) is 7.91. The van der Waals surface area contributed by atoms with E-state index in [1.54, 1.807) is 38.1 Å². The number of benzene rings is 1. The standard InChI is InChI=1S/C22H27NO6S/c1-6-27-16-10-8-9-15(11-16)19(24)23-20-17(21(25)28-7-2)14(5)18(30-20)22(26)29-12-13(3)4/h8-11,13H,6-7,12H2,1-5H3,(H,23,24). The summed E-state index contributed by atoms with van der Waals surface area (Å²) in [5.74, 6) is -0.819. The van der Waals surface area contributed by atoms with Crippen LogP contribution in [0, 0.1) is 12.8 Å². The Kier molecular flexibility index (Phi) is 8.41. The minimum absolute atomic E-state index is 0.160. The van der Waals surface area contributed by atoms with Crippen molar-refractivity contribution in [2.45, 2.75) is 34.6 Å². The summed E-state index contributed by atoms with van der Waals surface area (Å²) >= 11 is 0.999. The normalized spacial score (nSPS) is 10.6. The Morgan fingerprint density at radius 2 is 1.80 bits per heavy atom. The van der Waals surface area contributed by atoms with Crippen molar-refractivity contribution < 1.29 is 28.6 Å². The number of hydrogen-bond acceptors (Lipinski definition) is 7. The van der Waals surface area contributed by atoms with Crippen LogP contribution >= 0.6 is 11.3 Å². The van der Waals surface area contributed by atoms with Crippen molar-refractivity contribution in [2.24, 2.45) is 5.92 Å². The molecule has 0 fully saturated rings. The quantitative estimate of drug-likeness (QED) is 0.577. The minimum atomic E-state index is -0.604. The molecule has 2 aromatic rings. The van der Waals surface area contributed by atoms with Gasteiger partial charge in [0, 0.05) is 5.56 Å². The fourth-order valence-corrected chi connectivity index (χ4v) is 3.71. The number of thiophene rings is 1. The highest BCUT2D eigenvalue weighted by Gasteiger charge is 2.27. The van der Waals surface area contributed by atoms with Gasteiger partial charge in [0.2, 0.25) is 0 Å². The first kappa shape index (κ1) is 23.4. The van der Waals surface area contributed by atoms with Gasteiger partial charge in [-0.1, -0.05) is 19.9 Å². The SMILES string of the molecule is CCOC(=O)c1c(NC(=O)c2cccc(OCC)c2)sc(C(=O)OCC(C)C)c1C. The lowest BCUT2D eigenvalue weighted by Gasteiger charge is -2.08. The van der Waals surface area contributed by atoms with Crippen LogP contribution in [0.1, 0.15) is 63.6 Å². The molecule has 0 radical (unpaired) electrons. The molecular formula is C22H27NO6S. The van der Waals surface area contributed by atoms with Gasteiger partial charge in [-0.2, -0.15) is 0 Å². The maximum Gasteiger partial charge on any atom is 0.348 e. The molecule has 1 aromatic carbocycles. The predicted octanol–water partition coefficient (Wildman–Crippen LogP) is 4.70. The van der Waals surface area contributed by atoms with Crippen LogP contribution in [0.25, 0.3) is 0 Å². The molecule has 162 valence electrons. The van der Waals surface area contributed by atoms with Gasteiger partial charge in [-0.25, -0.2) is 9.59 Å². The Bertz CT molecular complexity index is 918. The van der Waals surface area contributed by atoms with E-state index >= 15 is 0 Å². The highest BCUT2D eigenvalue weighted by molar-refractivity contribution is 7.18. The van der Waals surface area contributed by atoms with Gasteiger partial charge < -0.3 is 19.5 Å². The van der Waals surface area contributed by atoms with Gasteiger partial charge >= 0.3 is 11.9 Å². The maximum atomic E-state index is 12.8. The number of hydrogen-bond donors (Lipinski definition) is 1. The van der Waals surface area contributed by atoms with Crippen LogP contribution in [0.15, 0.2) is 24.3 Å². The summed E-state index contributed by atoms with van der Waals surface area (Å²) < 4.78 is 15.9. The third-order valence-corrected chi connectivity index (χ3v) is 5.18. The van der Waals surface area contributed by atoms with Gasteiger partial charge in [0.1, 0.15) is 15.6 Å². The average Bonchev–Trinajstić information content (AvgIpc) is 3.02. The summed E-state index contributed by atoms with van der Waals surface area (Å²) in [7, 11) is 0. The van der Waals surface area contributed by atoms with Crippen molar-refractivity contribution >= 4 is 34.2 Å². The Labute approximate surface area is 180 Å². The van der Waals surface area contributed by atoms with Crippen molar-refractivity contribution in [3.63, 3.8) is 0 Å². The molecule has 0 saturated carbocycles. The fourth-order valence-electron chi connectivity index (χ4n) is 2.62. The van der Waals surface area contributed by atoms with Crippen LogP contribution in [0.3, 0.4) is 0 Å². The first-order valence-electron chi connectivity index (χ1n) is 9.80. The van der Waals surface area contributed by atoms with Crippen molar-refractivity contribution in [3.05, 3.63) is 45.8 Å². The molecule has 1 amide bonds. The molecule has 1 aromatic heterocycles. The first-order valence-corrected chi connectivity index (χ1v) is 10.6. The molecule has 0 unspecified atom stereocenters. The van der Waals surface area contributed by atoms with Gasteiger partial charge in [-0.15, -0.1) is 11.3 Å². The summed E-state index contributed by atoms with van der Waals surface area (Å²) in [5.41, 5.74) is 0.948. The number of rotatable bonds is 9. The van der Waals surface area contributed by atoms with Crippen LogP contribution < -0.4 is 10.1 Å². The lowest BCUT2D eigenvalue weighted by molar-refractivity contribution is 0.0464. The molecule has 2 rings (SSSR count). The summed E-state index contributed by atoms with van der Waals surface area (Å²) in [6, 6.07) is 6.71. The van der Waals surface area contributed by atoms with E-state index in [4.69, 9.17) is 14.2 Å². The van der Waals surface area contributed by atoms with E-state index in [-0.39, 0.29) is 34.6 Å². The molecule has 1 N–H and O–H groups in total. The second kappa shape index (κ2) is 10.8. The predicted molar refractivity (Wildman–Crippen MR) is 116 cm³/mol. The van der Waals surface area contributed by atoms with Crippen LogP contribution in [-0.4, -0.2) is 37.7 Å². The number of anilines is 1. The van der Waals surface area contributed by atoms with Gasteiger partial charge in [0.25, 0.3) is 5.91 Å². The summed E-state index contributed by atoms with van der Waals surface area (Å²) in [6.45, 7) is 9.95. The largest absolute Gasteiger partial charge is 0.494 e. The monoisotopic (exact) mass is 433 g/mol. The van der Waals surface area contributed by atoms with E-state index in [2.05, 4.69) is 5.32 Å². The molecule has 0 spiro atoms. The molecule has 0 aliphatic carbocycles. The van der Waals surface area contributed by atoms with Gasteiger partial charge in [0.15, 0.2) is 0 Å². The topological polar surface area (TPSA) is 90.9 Å². The molecular weight excluding hydrogens is 406 g/mol. The Morgan fingerprint density at radius 3 is 2.43 bits per heavy atom. The molecule has 1 heterocycles. The lowest BCUT2D eigenvalue weighted by Crippen LogP contribution is -2.15. The van der Waals surface area contributed by atoms with E-state index in [0.29, 0.717) is 23.5 Å². The van der Waals surface area contributed by atoms with Crippen LogP contribution in [0.4, 0.5) is 5.00 Å². The highest BCUT2D eigenvalue weighted by atomic mass is 32.1. The van der Waals surface area contributed by atoms with E-state index < -0.39 is 17.8 Å². The molecule has 0 aliphatic heterocycles. The minimum Gasteiger partial charge on any atom is -0.494 e. The van der Waals surface area contributed by atoms with Gasteiger partial charge in [-0.3, -0.25) is 4.79 Å². The second-order valence-electron chi connectivity index (χ2n) is 6.89.